The van der Waals surface area contributed by atoms with Crippen LogP contribution in [-0.4, -0.2) is 9.13 Å². The van der Waals surface area contributed by atoms with Crippen LogP contribution < -0.4 is 0 Å². The summed E-state index contributed by atoms with van der Waals surface area (Å²) in [4.78, 5) is 0. The van der Waals surface area contributed by atoms with E-state index >= 15 is 13.2 Å². The van der Waals surface area contributed by atoms with Crippen molar-refractivity contribution in [3.63, 3.8) is 0 Å². The predicted molar refractivity (Wildman–Crippen MR) is 189 cm³/mol. The maximum absolute atomic E-state index is 15.6. The van der Waals surface area contributed by atoms with Crippen LogP contribution in [0.15, 0.2) is 109 Å². The summed E-state index contributed by atoms with van der Waals surface area (Å²) in [5.41, 5.74) is 8.22. The molecule has 0 atom stereocenters. The predicted octanol–water partition coefficient (Wildman–Crippen LogP) is 11.7. The Morgan fingerprint density at radius 2 is 0.938 bits per heavy atom. The molecule has 48 heavy (non-hydrogen) atoms. The Kier molecular flexibility index (Phi) is 6.54. The van der Waals surface area contributed by atoms with E-state index in [0.29, 0.717) is 22.4 Å². The van der Waals surface area contributed by atoms with Crippen molar-refractivity contribution in [1.29, 1.82) is 5.26 Å². The number of nitriles is 1. The van der Waals surface area contributed by atoms with Crippen molar-refractivity contribution in [1.82, 2.24) is 9.13 Å². The lowest BCUT2D eigenvalue weighted by Crippen LogP contribution is -2.14. The maximum atomic E-state index is 15.6. The Hall–Kier alpha value is -5.80. The lowest BCUT2D eigenvalue weighted by atomic mass is 9.97. The minimum atomic E-state index is -4.69. The van der Waals surface area contributed by atoms with E-state index in [2.05, 4.69) is 6.07 Å². The molecule has 0 N–H and O–H groups in total. The Morgan fingerprint density at radius 1 is 0.521 bits per heavy atom. The molecule has 0 fully saturated rings. The number of hydrogen-bond donors (Lipinski definition) is 0. The molecule has 0 bridgehead atoms. The summed E-state index contributed by atoms with van der Waals surface area (Å²) in [6.45, 7) is 7.86. The molecule has 0 aliphatic rings. The van der Waals surface area contributed by atoms with Crippen LogP contribution in [-0.2, 0) is 6.18 Å². The van der Waals surface area contributed by atoms with E-state index in [1.807, 2.05) is 111 Å². The maximum Gasteiger partial charge on any atom is 0.418 e. The number of nitrogens with zero attached hydrogens (tertiary/aromatic N) is 3. The van der Waals surface area contributed by atoms with Gasteiger partial charge in [0.05, 0.1) is 50.6 Å². The van der Waals surface area contributed by atoms with Crippen molar-refractivity contribution in [2.45, 2.75) is 33.9 Å². The summed E-state index contributed by atoms with van der Waals surface area (Å²) < 4.78 is 50.7. The van der Waals surface area contributed by atoms with Crippen molar-refractivity contribution in [3.8, 4) is 28.6 Å². The topological polar surface area (TPSA) is 33.6 Å². The van der Waals surface area contributed by atoms with Crippen LogP contribution in [0.5, 0.6) is 0 Å². The number of rotatable bonds is 3. The second-order valence-electron chi connectivity index (χ2n) is 12.6. The number of halogens is 3. The molecule has 0 unspecified atom stereocenters. The normalized spacial score (nSPS) is 12.0. The fourth-order valence-electron chi connectivity index (χ4n) is 7.56. The zero-order chi connectivity index (χ0) is 33.5. The molecule has 0 spiro atoms. The molecule has 3 nitrogen and oxygen atoms in total. The van der Waals surface area contributed by atoms with Crippen LogP contribution in [0.2, 0.25) is 0 Å². The molecule has 234 valence electrons. The van der Waals surface area contributed by atoms with E-state index in [1.165, 1.54) is 6.07 Å². The van der Waals surface area contributed by atoms with Crippen LogP contribution in [0.25, 0.3) is 66.1 Å². The largest absolute Gasteiger partial charge is 0.418 e. The number of alkyl halides is 3. The van der Waals surface area contributed by atoms with E-state index in [9.17, 15) is 5.26 Å². The average Bonchev–Trinajstić information content (AvgIpc) is 3.60. The molecular formula is C42H30F3N3. The minimum Gasteiger partial charge on any atom is -0.308 e. The van der Waals surface area contributed by atoms with Crippen molar-refractivity contribution in [2.75, 3.05) is 0 Å². The quantitative estimate of drug-likeness (QED) is 0.191. The highest BCUT2D eigenvalue weighted by Gasteiger charge is 2.37. The number of aromatic nitrogens is 2. The summed E-state index contributed by atoms with van der Waals surface area (Å²) in [6, 6.07) is 36.1. The Bertz CT molecular complexity index is 2540. The third kappa shape index (κ3) is 4.28. The number of fused-ring (bicyclic) bond motifs is 6. The van der Waals surface area contributed by atoms with Gasteiger partial charge in [0, 0.05) is 27.1 Å². The SMILES string of the molecule is Cc1cccc2c3cccc(C)c3n(-c3cc(C(F)(F)F)c(-n4c5c(C)cccc5c5cccc(C)c54)cc3-c3cccc(C#N)c3)c12. The van der Waals surface area contributed by atoms with Crippen molar-refractivity contribution in [2.24, 2.45) is 0 Å². The zero-order valence-corrected chi connectivity index (χ0v) is 26.9. The van der Waals surface area contributed by atoms with E-state index in [4.69, 9.17) is 0 Å². The van der Waals surface area contributed by atoms with Crippen LogP contribution in [0.3, 0.4) is 0 Å². The summed E-state index contributed by atoms with van der Waals surface area (Å²) in [5.74, 6) is 0. The number of benzene rings is 6. The van der Waals surface area contributed by atoms with Gasteiger partial charge in [0.2, 0.25) is 0 Å². The zero-order valence-electron chi connectivity index (χ0n) is 26.9. The van der Waals surface area contributed by atoms with Gasteiger partial charge in [0.25, 0.3) is 0 Å². The van der Waals surface area contributed by atoms with Gasteiger partial charge in [-0.2, -0.15) is 18.4 Å². The minimum absolute atomic E-state index is 0.0430. The van der Waals surface area contributed by atoms with Gasteiger partial charge in [-0.1, -0.05) is 84.9 Å². The smallest absolute Gasteiger partial charge is 0.308 e. The Balaban J connectivity index is 1.62. The molecule has 6 aromatic carbocycles. The molecule has 0 amide bonds. The number of aryl methyl sites for hydroxylation is 4. The van der Waals surface area contributed by atoms with Crippen molar-refractivity contribution < 1.29 is 13.2 Å². The summed E-state index contributed by atoms with van der Waals surface area (Å²) in [6.07, 6.45) is -4.69. The van der Waals surface area contributed by atoms with Gasteiger partial charge in [-0.25, -0.2) is 0 Å². The number of para-hydroxylation sites is 4. The van der Waals surface area contributed by atoms with E-state index in [0.717, 1.165) is 65.9 Å². The lowest BCUT2D eigenvalue weighted by Gasteiger charge is -2.23. The molecule has 0 aliphatic heterocycles. The van der Waals surface area contributed by atoms with E-state index < -0.39 is 11.7 Å². The molecule has 0 aliphatic carbocycles. The Labute approximate surface area is 275 Å². The standard InChI is InChI=1S/C42H30F3N3/c1-24-10-5-16-30-31-17-6-11-25(2)39(31)47(38(24)30)36-22-35(42(43,44)45)37(21-34(36)29-15-9-14-28(20-29)23-46)48-40-26(3)12-7-18-32(40)33-19-8-13-27(4)41(33)48/h5-22H,1-4H3. The van der Waals surface area contributed by atoms with Gasteiger partial charge in [0.1, 0.15) is 0 Å². The summed E-state index contributed by atoms with van der Waals surface area (Å²) in [5, 5.41) is 13.6. The molecule has 2 heterocycles. The first-order valence-corrected chi connectivity index (χ1v) is 15.8. The van der Waals surface area contributed by atoms with Gasteiger partial charge in [0.15, 0.2) is 0 Å². The second-order valence-corrected chi connectivity index (χ2v) is 12.6. The third-order valence-electron chi connectivity index (χ3n) is 9.63. The fourth-order valence-corrected chi connectivity index (χ4v) is 7.56. The van der Waals surface area contributed by atoms with Crippen LogP contribution >= 0.6 is 0 Å². The summed E-state index contributed by atoms with van der Waals surface area (Å²) >= 11 is 0. The number of hydrogen-bond acceptors (Lipinski definition) is 1. The van der Waals surface area contributed by atoms with Gasteiger partial charge in [-0.05, 0) is 79.8 Å². The van der Waals surface area contributed by atoms with Gasteiger partial charge in [-0.15, -0.1) is 0 Å². The average molecular weight is 634 g/mol. The van der Waals surface area contributed by atoms with Gasteiger partial charge in [-0.3, -0.25) is 0 Å². The van der Waals surface area contributed by atoms with Crippen LogP contribution in [0, 0.1) is 39.0 Å². The van der Waals surface area contributed by atoms with Gasteiger partial charge < -0.3 is 9.13 Å². The molecule has 0 saturated heterocycles. The fraction of sp³-hybridized carbons (Fsp3) is 0.119. The molecule has 0 radical (unpaired) electrons. The van der Waals surface area contributed by atoms with E-state index in [-0.39, 0.29) is 5.69 Å². The third-order valence-corrected chi connectivity index (χ3v) is 9.63. The van der Waals surface area contributed by atoms with Gasteiger partial charge >= 0.3 is 6.18 Å². The van der Waals surface area contributed by atoms with Crippen molar-refractivity contribution in [3.05, 3.63) is 143 Å². The molecule has 8 aromatic rings. The summed E-state index contributed by atoms with van der Waals surface area (Å²) in [7, 11) is 0. The Morgan fingerprint density at radius 3 is 1.35 bits per heavy atom. The highest BCUT2D eigenvalue weighted by atomic mass is 19.4. The molecule has 6 heteroatoms. The monoisotopic (exact) mass is 633 g/mol. The highest BCUT2D eigenvalue weighted by Crippen LogP contribution is 2.46. The first-order valence-electron chi connectivity index (χ1n) is 15.8. The first kappa shape index (κ1) is 29.6. The van der Waals surface area contributed by atoms with Crippen LogP contribution in [0.4, 0.5) is 13.2 Å². The molecular weight excluding hydrogens is 603 g/mol. The molecule has 8 rings (SSSR count). The van der Waals surface area contributed by atoms with Crippen molar-refractivity contribution >= 4 is 43.6 Å². The van der Waals surface area contributed by atoms with Crippen LogP contribution in [0.1, 0.15) is 33.4 Å². The highest BCUT2D eigenvalue weighted by molar-refractivity contribution is 6.13. The lowest BCUT2D eigenvalue weighted by molar-refractivity contribution is -0.137. The molecule has 2 aromatic heterocycles. The molecule has 0 saturated carbocycles. The first-order chi connectivity index (χ1) is 23.1. The second kappa shape index (κ2) is 10.6. The van der Waals surface area contributed by atoms with E-state index in [1.54, 1.807) is 28.8 Å².